The number of nitrogens with two attached hydrogens (primary N) is 1. The fourth-order valence-electron chi connectivity index (χ4n) is 4.07. The lowest BCUT2D eigenvalue weighted by molar-refractivity contribution is 0.329. The van der Waals surface area contributed by atoms with Crippen molar-refractivity contribution in [3.05, 3.63) is 60.2 Å². The van der Waals surface area contributed by atoms with Crippen molar-refractivity contribution in [2.24, 2.45) is 11.1 Å². The van der Waals surface area contributed by atoms with Crippen molar-refractivity contribution in [2.75, 3.05) is 0 Å². The van der Waals surface area contributed by atoms with Gasteiger partial charge in [0.15, 0.2) is 11.7 Å². The summed E-state index contributed by atoms with van der Waals surface area (Å²) in [5.41, 5.74) is 2.06. The zero-order valence-corrected chi connectivity index (χ0v) is 17.5. The third kappa shape index (κ3) is 4.79. The van der Waals surface area contributed by atoms with E-state index in [4.69, 9.17) is 14.5 Å². The van der Waals surface area contributed by atoms with Crippen molar-refractivity contribution in [3.63, 3.8) is 0 Å². The van der Waals surface area contributed by atoms with Crippen molar-refractivity contribution in [3.8, 4) is 22.6 Å². The third-order valence-corrected chi connectivity index (χ3v) is 6.65. The Morgan fingerprint density at radius 1 is 0.967 bits per heavy atom. The fraction of sp³-hybridized carbons (Fsp3) is 0.348. The Labute approximate surface area is 176 Å². The van der Waals surface area contributed by atoms with Crippen LogP contribution < -0.4 is 5.14 Å². The van der Waals surface area contributed by atoms with E-state index >= 15 is 0 Å². The van der Waals surface area contributed by atoms with Gasteiger partial charge in [0.1, 0.15) is 11.5 Å². The van der Waals surface area contributed by atoms with Gasteiger partial charge in [-0.25, -0.2) is 22.9 Å². The summed E-state index contributed by atoms with van der Waals surface area (Å²) >= 11 is 0. The number of aryl methyl sites for hydroxylation is 1. The Hall–Kier alpha value is -2.51. The molecule has 1 fully saturated rings. The van der Waals surface area contributed by atoms with Crippen LogP contribution in [-0.4, -0.2) is 13.4 Å². The Kier molecular flexibility index (Phi) is 6.01. The number of halogens is 1. The highest BCUT2D eigenvalue weighted by atomic mass is 32.2. The smallest absolute Gasteiger partial charge is 0.238 e. The van der Waals surface area contributed by atoms with Gasteiger partial charge in [-0.05, 0) is 60.9 Å². The molecule has 0 saturated heterocycles. The second kappa shape index (κ2) is 8.70. The van der Waals surface area contributed by atoms with Gasteiger partial charge in [-0.2, -0.15) is 0 Å². The lowest BCUT2D eigenvalue weighted by Gasteiger charge is -2.20. The van der Waals surface area contributed by atoms with Crippen molar-refractivity contribution in [1.82, 2.24) is 4.98 Å². The number of aromatic nitrogens is 1. The molecule has 0 spiro atoms. The maximum atomic E-state index is 13.4. The fourth-order valence-corrected chi connectivity index (χ4v) is 4.59. The molecule has 5 nitrogen and oxygen atoms in total. The van der Waals surface area contributed by atoms with Crippen LogP contribution in [0.25, 0.3) is 22.6 Å². The van der Waals surface area contributed by atoms with Crippen LogP contribution in [0.5, 0.6) is 0 Å². The van der Waals surface area contributed by atoms with E-state index in [0.717, 1.165) is 18.4 Å². The molecule has 0 atom stereocenters. The number of hydrogen-bond donors (Lipinski definition) is 1. The Balaban J connectivity index is 1.66. The summed E-state index contributed by atoms with van der Waals surface area (Å²) in [5.74, 6) is 1.57. The molecule has 158 valence electrons. The monoisotopic (exact) mass is 428 g/mol. The predicted octanol–water partition coefficient (Wildman–Crippen LogP) is 5.31. The second-order valence-electron chi connectivity index (χ2n) is 7.90. The third-order valence-electron chi connectivity index (χ3n) is 5.73. The summed E-state index contributed by atoms with van der Waals surface area (Å²) in [5, 5.41) is 5.20. The molecular weight excluding hydrogens is 403 g/mol. The normalized spacial score (nSPS) is 15.4. The number of benzene rings is 2. The summed E-state index contributed by atoms with van der Waals surface area (Å²) in [7, 11) is -3.77. The van der Waals surface area contributed by atoms with Gasteiger partial charge >= 0.3 is 0 Å². The molecule has 3 aromatic rings. The molecular formula is C23H25FN2O3S. The van der Waals surface area contributed by atoms with Crippen LogP contribution in [0, 0.1) is 11.7 Å². The number of primary sulfonamides is 1. The minimum Gasteiger partial charge on any atom is -0.440 e. The minimum atomic E-state index is -3.77. The molecule has 0 bridgehead atoms. The first kappa shape index (κ1) is 20.8. The number of hydrogen-bond acceptors (Lipinski definition) is 4. The second-order valence-corrected chi connectivity index (χ2v) is 9.47. The average molecular weight is 429 g/mol. The van der Waals surface area contributed by atoms with Crippen molar-refractivity contribution in [2.45, 2.75) is 49.8 Å². The number of rotatable bonds is 6. The van der Waals surface area contributed by atoms with Crippen LogP contribution in [0.1, 0.15) is 44.4 Å². The summed E-state index contributed by atoms with van der Waals surface area (Å²) in [6.07, 6.45) is 8.20. The van der Waals surface area contributed by atoms with Gasteiger partial charge in [0.2, 0.25) is 10.0 Å². The zero-order chi connectivity index (χ0) is 21.1. The molecule has 1 aliphatic carbocycles. The first-order chi connectivity index (χ1) is 14.4. The van der Waals surface area contributed by atoms with E-state index < -0.39 is 10.0 Å². The molecule has 1 heterocycles. The number of oxazole rings is 1. The molecule has 2 N–H and O–H groups in total. The highest BCUT2D eigenvalue weighted by Crippen LogP contribution is 2.35. The van der Waals surface area contributed by atoms with Gasteiger partial charge in [-0.15, -0.1) is 0 Å². The van der Waals surface area contributed by atoms with E-state index in [1.165, 1.54) is 56.4 Å². The van der Waals surface area contributed by atoms with E-state index in [0.29, 0.717) is 28.8 Å². The van der Waals surface area contributed by atoms with Crippen LogP contribution >= 0.6 is 0 Å². The predicted molar refractivity (Wildman–Crippen MR) is 114 cm³/mol. The Morgan fingerprint density at radius 3 is 2.23 bits per heavy atom. The van der Waals surface area contributed by atoms with Crippen molar-refractivity contribution in [1.29, 1.82) is 0 Å². The molecule has 0 radical (unpaired) electrons. The molecule has 1 saturated carbocycles. The quantitative estimate of drug-likeness (QED) is 0.577. The molecule has 0 amide bonds. The topological polar surface area (TPSA) is 86.2 Å². The first-order valence-electron chi connectivity index (χ1n) is 10.3. The van der Waals surface area contributed by atoms with E-state index in [9.17, 15) is 12.8 Å². The van der Waals surface area contributed by atoms with Crippen molar-refractivity contribution < 1.29 is 17.2 Å². The lowest BCUT2D eigenvalue weighted by atomic mass is 9.86. The van der Waals surface area contributed by atoms with Crippen LogP contribution in [0.15, 0.2) is 57.8 Å². The van der Waals surface area contributed by atoms with E-state index in [2.05, 4.69) is 0 Å². The van der Waals surface area contributed by atoms with E-state index in [1.807, 2.05) is 0 Å². The van der Waals surface area contributed by atoms with E-state index in [1.54, 1.807) is 24.3 Å². The van der Waals surface area contributed by atoms with Gasteiger partial charge in [0, 0.05) is 17.5 Å². The maximum Gasteiger partial charge on any atom is 0.238 e. The molecule has 0 aliphatic heterocycles. The van der Waals surface area contributed by atoms with Gasteiger partial charge in [0.05, 0.1) is 4.90 Å². The van der Waals surface area contributed by atoms with Crippen LogP contribution in [0.3, 0.4) is 0 Å². The van der Waals surface area contributed by atoms with Gasteiger partial charge < -0.3 is 4.42 Å². The van der Waals surface area contributed by atoms with Gasteiger partial charge in [-0.3, -0.25) is 0 Å². The van der Waals surface area contributed by atoms with Crippen LogP contribution in [0.2, 0.25) is 0 Å². The van der Waals surface area contributed by atoms with Crippen molar-refractivity contribution >= 4 is 10.0 Å². The van der Waals surface area contributed by atoms with Gasteiger partial charge in [0.25, 0.3) is 0 Å². The lowest BCUT2D eigenvalue weighted by Crippen LogP contribution is -2.11. The Bertz CT molecular complexity index is 1100. The SMILES string of the molecule is NS(=O)(=O)c1ccc(-c2oc(CCC3CCCCC3)nc2-c2ccc(F)cc2)cc1. The standard InChI is InChI=1S/C23H25FN2O3S/c24-19-11-7-17(8-12-19)22-23(18-9-13-20(14-10-18)30(25,27)28)29-21(26-22)15-6-16-4-2-1-3-5-16/h7-14,16H,1-6,15H2,(H2,25,27,28). The molecule has 30 heavy (non-hydrogen) atoms. The highest BCUT2D eigenvalue weighted by molar-refractivity contribution is 7.89. The molecule has 0 unspecified atom stereocenters. The summed E-state index contributed by atoms with van der Waals surface area (Å²) in [4.78, 5) is 4.74. The molecule has 4 rings (SSSR count). The maximum absolute atomic E-state index is 13.4. The van der Waals surface area contributed by atoms with Crippen LogP contribution in [-0.2, 0) is 16.4 Å². The molecule has 2 aromatic carbocycles. The number of nitrogens with zero attached hydrogens (tertiary/aromatic N) is 1. The Morgan fingerprint density at radius 2 is 1.60 bits per heavy atom. The van der Waals surface area contributed by atoms with E-state index in [-0.39, 0.29) is 10.7 Å². The minimum absolute atomic E-state index is 0.0339. The van der Waals surface area contributed by atoms with Crippen LogP contribution in [0.4, 0.5) is 4.39 Å². The van der Waals surface area contributed by atoms with Gasteiger partial charge in [-0.1, -0.05) is 32.1 Å². The zero-order valence-electron chi connectivity index (χ0n) is 16.7. The number of sulfonamides is 1. The average Bonchev–Trinajstić information content (AvgIpc) is 3.17. The highest BCUT2D eigenvalue weighted by Gasteiger charge is 2.20. The molecule has 1 aromatic heterocycles. The molecule has 7 heteroatoms. The summed E-state index contributed by atoms with van der Waals surface area (Å²) in [6, 6.07) is 12.3. The molecule has 1 aliphatic rings. The summed E-state index contributed by atoms with van der Waals surface area (Å²) in [6.45, 7) is 0. The first-order valence-corrected chi connectivity index (χ1v) is 11.8. The summed E-state index contributed by atoms with van der Waals surface area (Å²) < 4.78 is 42.6. The largest absolute Gasteiger partial charge is 0.440 e.